The van der Waals surface area contributed by atoms with Crippen LogP contribution in [0.25, 0.3) is 28.2 Å². The molecular weight excluding hydrogens is 440 g/mol. The van der Waals surface area contributed by atoms with Crippen molar-refractivity contribution in [2.45, 2.75) is 13.0 Å². The van der Waals surface area contributed by atoms with Gasteiger partial charge in [0.05, 0.1) is 12.2 Å². The molecule has 0 aliphatic carbocycles. The topological polar surface area (TPSA) is 108 Å². The van der Waals surface area contributed by atoms with Gasteiger partial charge in [-0.2, -0.15) is 0 Å². The molecular formula is C27H22N6O2. The van der Waals surface area contributed by atoms with Gasteiger partial charge in [-0.1, -0.05) is 12.1 Å². The lowest BCUT2D eigenvalue weighted by atomic mass is 10.1. The minimum Gasteiger partial charge on any atom is -0.493 e. The average Bonchev–Trinajstić information content (AvgIpc) is 3.52. The Hall–Kier alpha value is -4.72. The number of ether oxygens (including phenoxy) is 1. The maximum atomic E-state index is 12.7. The highest BCUT2D eigenvalue weighted by Gasteiger charge is 2.18. The molecule has 5 aromatic rings. The van der Waals surface area contributed by atoms with Gasteiger partial charge in [0.1, 0.15) is 17.1 Å². The number of carbonyl (C=O) groups is 1. The number of aromatic nitrogens is 4. The Kier molecular flexibility index (Phi) is 5.11. The number of nitrogen functional groups attached to an aromatic ring is 1. The van der Waals surface area contributed by atoms with Gasteiger partial charge >= 0.3 is 0 Å². The van der Waals surface area contributed by atoms with Crippen molar-refractivity contribution in [3.05, 3.63) is 95.8 Å². The molecule has 0 saturated carbocycles. The fourth-order valence-electron chi connectivity index (χ4n) is 4.32. The normalized spacial score (nSPS) is 12.3. The van der Waals surface area contributed by atoms with Crippen molar-refractivity contribution in [3.8, 4) is 22.8 Å². The van der Waals surface area contributed by atoms with E-state index in [1.54, 1.807) is 18.5 Å². The van der Waals surface area contributed by atoms with Crippen LogP contribution in [0.1, 0.15) is 21.5 Å². The van der Waals surface area contributed by atoms with Gasteiger partial charge in [0.2, 0.25) is 0 Å². The monoisotopic (exact) mass is 462 g/mol. The van der Waals surface area contributed by atoms with E-state index in [0.717, 1.165) is 45.7 Å². The summed E-state index contributed by atoms with van der Waals surface area (Å²) in [5.74, 6) is 1.83. The molecule has 6 rings (SSSR count). The van der Waals surface area contributed by atoms with Crippen LogP contribution in [0.4, 0.5) is 5.82 Å². The fraction of sp³-hybridized carbons (Fsp3) is 0.111. The van der Waals surface area contributed by atoms with E-state index in [-0.39, 0.29) is 5.91 Å². The van der Waals surface area contributed by atoms with E-state index in [1.807, 2.05) is 65.2 Å². The first-order valence-electron chi connectivity index (χ1n) is 11.3. The van der Waals surface area contributed by atoms with E-state index in [1.165, 1.54) is 0 Å². The van der Waals surface area contributed by atoms with Crippen LogP contribution < -0.4 is 15.8 Å². The number of fused-ring (bicyclic) bond motifs is 2. The molecule has 1 aliphatic heterocycles. The number of benzene rings is 2. The zero-order chi connectivity index (χ0) is 23.8. The summed E-state index contributed by atoms with van der Waals surface area (Å²) in [5.41, 5.74) is 12.0. The van der Waals surface area contributed by atoms with Crippen LogP contribution in [-0.4, -0.2) is 32.0 Å². The second kappa shape index (κ2) is 8.57. The first-order valence-corrected chi connectivity index (χ1v) is 11.3. The van der Waals surface area contributed by atoms with E-state index in [2.05, 4.69) is 15.3 Å². The van der Waals surface area contributed by atoms with E-state index >= 15 is 0 Å². The lowest BCUT2D eigenvalue weighted by molar-refractivity contribution is 0.0951. The van der Waals surface area contributed by atoms with Crippen LogP contribution in [0.3, 0.4) is 0 Å². The van der Waals surface area contributed by atoms with Crippen molar-refractivity contribution in [2.75, 3.05) is 12.3 Å². The summed E-state index contributed by atoms with van der Waals surface area (Å²) in [6, 6.07) is 21.0. The maximum Gasteiger partial charge on any atom is 0.251 e. The number of nitrogens with two attached hydrogens (primary N) is 1. The third-order valence-corrected chi connectivity index (χ3v) is 6.09. The summed E-state index contributed by atoms with van der Waals surface area (Å²) in [4.78, 5) is 26.2. The van der Waals surface area contributed by atoms with Crippen LogP contribution in [0.2, 0.25) is 0 Å². The van der Waals surface area contributed by atoms with E-state index in [9.17, 15) is 4.79 Å². The average molecular weight is 463 g/mol. The van der Waals surface area contributed by atoms with Crippen molar-refractivity contribution >= 4 is 22.9 Å². The van der Waals surface area contributed by atoms with Gasteiger partial charge < -0.3 is 15.8 Å². The molecule has 0 fully saturated rings. The molecule has 0 radical (unpaired) electrons. The minimum atomic E-state index is -0.108. The number of hydrogen-bond acceptors (Lipinski definition) is 6. The molecule has 0 spiro atoms. The molecule has 0 bridgehead atoms. The number of amides is 1. The quantitative estimate of drug-likeness (QED) is 0.410. The SMILES string of the molecule is Nc1ncccc1-c1nc2cccnc2n1-c1ccc(CNC(=O)c2ccc3c(c2)CCO3)cc1. The highest BCUT2D eigenvalue weighted by molar-refractivity contribution is 5.94. The predicted octanol–water partition coefficient (Wildman–Crippen LogP) is 3.93. The Bertz CT molecular complexity index is 1560. The van der Waals surface area contributed by atoms with Crippen LogP contribution in [0, 0.1) is 0 Å². The number of rotatable bonds is 5. The third-order valence-electron chi connectivity index (χ3n) is 6.09. The van der Waals surface area contributed by atoms with Crippen molar-refractivity contribution in [2.24, 2.45) is 0 Å². The van der Waals surface area contributed by atoms with Gasteiger partial charge in [0.15, 0.2) is 11.5 Å². The van der Waals surface area contributed by atoms with Crippen LogP contribution in [0.15, 0.2) is 79.1 Å². The molecule has 4 heterocycles. The molecule has 172 valence electrons. The van der Waals surface area contributed by atoms with Crippen molar-refractivity contribution in [3.63, 3.8) is 0 Å². The fourth-order valence-corrected chi connectivity index (χ4v) is 4.32. The van der Waals surface area contributed by atoms with Gasteiger partial charge in [-0.05, 0) is 65.7 Å². The number of hydrogen-bond donors (Lipinski definition) is 2. The first-order chi connectivity index (χ1) is 17.2. The summed E-state index contributed by atoms with van der Waals surface area (Å²) in [6.45, 7) is 1.08. The van der Waals surface area contributed by atoms with Gasteiger partial charge in [0.25, 0.3) is 5.91 Å². The Morgan fingerprint density at radius 1 is 1.03 bits per heavy atom. The predicted molar refractivity (Wildman–Crippen MR) is 133 cm³/mol. The van der Waals surface area contributed by atoms with Crippen LogP contribution >= 0.6 is 0 Å². The van der Waals surface area contributed by atoms with E-state index in [4.69, 9.17) is 15.5 Å². The molecule has 3 aromatic heterocycles. The summed E-state index contributed by atoms with van der Waals surface area (Å²) in [5, 5.41) is 3.00. The Balaban J connectivity index is 1.26. The van der Waals surface area contributed by atoms with Gasteiger partial charge in [-0.25, -0.2) is 15.0 Å². The molecule has 35 heavy (non-hydrogen) atoms. The Labute approximate surface area is 201 Å². The zero-order valence-electron chi connectivity index (χ0n) is 18.8. The number of carbonyl (C=O) groups excluding carboxylic acids is 1. The second-order valence-corrected chi connectivity index (χ2v) is 8.32. The molecule has 8 heteroatoms. The molecule has 0 saturated heterocycles. The third kappa shape index (κ3) is 3.85. The van der Waals surface area contributed by atoms with Gasteiger partial charge in [-0.15, -0.1) is 0 Å². The van der Waals surface area contributed by atoms with E-state index in [0.29, 0.717) is 30.4 Å². The lowest BCUT2D eigenvalue weighted by Gasteiger charge is -2.11. The smallest absolute Gasteiger partial charge is 0.251 e. The van der Waals surface area contributed by atoms with Crippen molar-refractivity contribution in [1.29, 1.82) is 0 Å². The summed E-state index contributed by atoms with van der Waals surface area (Å²) < 4.78 is 7.49. The lowest BCUT2D eigenvalue weighted by Crippen LogP contribution is -2.22. The molecule has 1 aliphatic rings. The van der Waals surface area contributed by atoms with Gasteiger partial charge in [0, 0.05) is 36.6 Å². The highest BCUT2D eigenvalue weighted by Crippen LogP contribution is 2.30. The maximum absolute atomic E-state index is 12.7. The largest absolute Gasteiger partial charge is 0.493 e. The summed E-state index contributed by atoms with van der Waals surface area (Å²) >= 11 is 0. The molecule has 0 unspecified atom stereocenters. The number of anilines is 1. The molecule has 2 aromatic carbocycles. The van der Waals surface area contributed by atoms with Gasteiger partial charge in [-0.3, -0.25) is 9.36 Å². The minimum absolute atomic E-state index is 0.108. The number of nitrogens with one attached hydrogen (secondary N) is 1. The summed E-state index contributed by atoms with van der Waals surface area (Å²) in [6.07, 6.45) is 4.23. The first kappa shape index (κ1) is 20.9. The molecule has 3 N–H and O–H groups in total. The van der Waals surface area contributed by atoms with E-state index < -0.39 is 0 Å². The Morgan fingerprint density at radius 3 is 2.71 bits per heavy atom. The van der Waals surface area contributed by atoms with Crippen LogP contribution in [0.5, 0.6) is 5.75 Å². The molecule has 8 nitrogen and oxygen atoms in total. The molecule has 1 amide bonds. The number of imidazole rings is 1. The highest BCUT2D eigenvalue weighted by atomic mass is 16.5. The summed E-state index contributed by atoms with van der Waals surface area (Å²) in [7, 11) is 0. The van der Waals surface area contributed by atoms with Crippen LogP contribution in [-0.2, 0) is 13.0 Å². The number of pyridine rings is 2. The number of nitrogens with zero attached hydrogens (tertiary/aromatic N) is 4. The second-order valence-electron chi connectivity index (χ2n) is 8.32. The Morgan fingerprint density at radius 2 is 1.86 bits per heavy atom. The standard InChI is InChI=1S/C27H22N6O2/c28-24-21(3-1-12-29-24)25-32-22-4-2-13-30-26(22)33(25)20-8-5-17(6-9-20)16-31-27(34)19-7-10-23-18(15-19)11-14-35-23/h1-10,12-13,15H,11,14,16H2,(H2,28,29)(H,31,34). The van der Waals surface area contributed by atoms with Crippen molar-refractivity contribution in [1.82, 2.24) is 24.8 Å². The van der Waals surface area contributed by atoms with Crippen molar-refractivity contribution < 1.29 is 9.53 Å². The molecule has 0 atom stereocenters. The zero-order valence-corrected chi connectivity index (χ0v) is 18.8.